The third kappa shape index (κ3) is 2.42. The van der Waals surface area contributed by atoms with Gasteiger partial charge in [-0.2, -0.15) is 0 Å². The van der Waals surface area contributed by atoms with Gasteiger partial charge < -0.3 is 19.4 Å². The first-order chi connectivity index (χ1) is 11.1. The Morgan fingerprint density at radius 2 is 1.78 bits per heavy atom. The number of hydrogen-bond donors (Lipinski definition) is 2. The molecule has 0 unspecified atom stereocenters. The summed E-state index contributed by atoms with van der Waals surface area (Å²) in [6.07, 6.45) is 2.91. The van der Waals surface area contributed by atoms with Gasteiger partial charge in [-0.1, -0.05) is 6.08 Å². The Labute approximate surface area is 133 Å². The number of fused-ring (bicyclic) bond motifs is 3. The molecule has 0 saturated carbocycles. The lowest BCUT2D eigenvalue weighted by atomic mass is 10.1. The minimum Gasteiger partial charge on any atom is -0.508 e. The lowest BCUT2D eigenvalue weighted by Gasteiger charge is -2.07. The molecule has 0 aliphatic carbocycles. The summed E-state index contributed by atoms with van der Waals surface area (Å²) in [5, 5.41) is 20.3. The first-order valence-electron chi connectivity index (χ1n) is 7.47. The quantitative estimate of drug-likeness (QED) is 0.654. The van der Waals surface area contributed by atoms with Gasteiger partial charge in [0.15, 0.2) is 0 Å². The Morgan fingerprint density at radius 1 is 1.00 bits per heavy atom. The number of ether oxygens (including phenoxy) is 1. The number of benzene rings is 2. The van der Waals surface area contributed by atoms with Crippen LogP contribution in [0.25, 0.3) is 22.3 Å². The van der Waals surface area contributed by atoms with E-state index in [4.69, 9.17) is 9.15 Å². The molecule has 1 aliphatic rings. The van der Waals surface area contributed by atoms with Crippen molar-refractivity contribution in [3.8, 4) is 28.6 Å². The number of allylic oxidation sites excluding steroid dienone is 1. The Balaban J connectivity index is 1.88. The standard InChI is InChI=1S/C19H16O4/c1-11-2-4-16-17(22-10-11)5-3-12-8-18(23-19(12)16)13-6-14(20)9-15(21)7-13/h2-3,5-9,20-21H,4,10H2,1H3. The fraction of sp³-hybridized carbons (Fsp3) is 0.158. The molecule has 0 bridgehead atoms. The summed E-state index contributed by atoms with van der Waals surface area (Å²) < 4.78 is 11.8. The molecule has 0 radical (unpaired) electrons. The van der Waals surface area contributed by atoms with Crippen LogP contribution in [0, 0.1) is 0 Å². The lowest BCUT2D eigenvalue weighted by molar-refractivity contribution is 0.352. The van der Waals surface area contributed by atoms with Crippen LogP contribution in [-0.4, -0.2) is 16.8 Å². The highest BCUT2D eigenvalue weighted by Gasteiger charge is 2.16. The summed E-state index contributed by atoms with van der Waals surface area (Å²) in [5.41, 5.74) is 3.63. The van der Waals surface area contributed by atoms with Crippen LogP contribution < -0.4 is 4.74 Å². The van der Waals surface area contributed by atoms with Crippen molar-refractivity contribution < 1.29 is 19.4 Å². The number of furan rings is 1. The van der Waals surface area contributed by atoms with Crippen molar-refractivity contribution in [1.82, 2.24) is 0 Å². The first-order valence-corrected chi connectivity index (χ1v) is 7.47. The smallest absolute Gasteiger partial charge is 0.142 e. The van der Waals surface area contributed by atoms with Crippen LogP contribution in [0.2, 0.25) is 0 Å². The van der Waals surface area contributed by atoms with E-state index in [1.807, 2.05) is 25.1 Å². The molecule has 116 valence electrons. The highest BCUT2D eigenvalue weighted by molar-refractivity contribution is 5.87. The van der Waals surface area contributed by atoms with E-state index in [1.165, 1.54) is 11.6 Å². The summed E-state index contributed by atoms with van der Waals surface area (Å²) in [7, 11) is 0. The molecule has 0 saturated heterocycles. The van der Waals surface area contributed by atoms with E-state index in [2.05, 4.69) is 6.08 Å². The van der Waals surface area contributed by atoms with Crippen LogP contribution in [0.4, 0.5) is 0 Å². The molecule has 2 N–H and O–H groups in total. The molecule has 1 aliphatic heterocycles. The van der Waals surface area contributed by atoms with Crippen LogP contribution in [-0.2, 0) is 6.42 Å². The van der Waals surface area contributed by atoms with Crippen LogP contribution in [0.3, 0.4) is 0 Å². The van der Waals surface area contributed by atoms with E-state index >= 15 is 0 Å². The van der Waals surface area contributed by atoms with E-state index in [0.29, 0.717) is 17.9 Å². The average Bonchev–Trinajstić information content (AvgIpc) is 2.85. The van der Waals surface area contributed by atoms with Crippen molar-refractivity contribution in [2.75, 3.05) is 6.61 Å². The van der Waals surface area contributed by atoms with E-state index in [-0.39, 0.29) is 11.5 Å². The summed E-state index contributed by atoms with van der Waals surface area (Å²) in [5.74, 6) is 1.44. The molecule has 0 amide bonds. The third-order valence-electron chi connectivity index (χ3n) is 4.04. The van der Waals surface area contributed by atoms with E-state index in [1.54, 1.807) is 12.1 Å². The fourth-order valence-electron chi connectivity index (χ4n) is 2.88. The maximum Gasteiger partial charge on any atom is 0.142 e. The van der Waals surface area contributed by atoms with Gasteiger partial charge in [0.25, 0.3) is 0 Å². The highest BCUT2D eigenvalue weighted by Crippen LogP contribution is 2.37. The van der Waals surface area contributed by atoms with Crippen LogP contribution >= 0.6 is 0 Å². The molecule has 1 aromatic heterocycles. The topological polar surface area (TPSA) is 62.8 Å². The molecule has 4 rings (SSSR count). The summed E-state index contributed by atoms with van der Waals surface area (Å²) >= 11 is 0. The third-order valence-corrected chi connectivity index (χ3v) is 4.04. The van der Waals surface area contributed by atoms with Crippen LogP contribution in [0.1, 0.15) is 12.5 Å². The second kappa shape index (κ2) is 5.09. The van der Waals surface area contributed by atoms with Crippen molar-refractivity contribution in [3.05, 3.63) is 53.6 Å². The molecule has 4 heteroatoms. The molecule has 4 nitrogen and oxygen atoms in total. The van der Waals surface area contributed by atoms with Crippen LogP contribution in [0.5, 0.6) is 17.2 Å². The molecule has 0 atom stereocenters. The number of phenols is 2. The van der Waals surface area contributed by atoms with Gasteiger partial charge in [-0.05, 0) is 49.2 Å². The van der Waals surface area contributed by atoms with E-state index < -0.39 is 0 Å². The van der Waals surface area contributed by atoms with Crippen molar-refractivity contribution in [2.24, 2.45) is 0 Å². The van der Waals surface area contributed by atoms with Crippen molar-refractivity contribution in [2.45, 2.75) is 13.3 Å². The van der Waals surface area contributed by atoms with E-state index in [0.717, 1.165) is 28.7 Å². The second-order valence-corrected chi connectivity index (χ2v) is 5.85. The lowest BCUT2D eigenvalue weighted by Crippen LogP contribution is -1.97. The molecule has 23 heavy (non-hydrogen) atoms. The van der Waals surface area contributed by atoms with Gasteiger partial charge in [-0.15, -0.1) is 0 Å². The molecule has 0 fully saturated rings. The van der Waals surface area contributed by atoms with Crippen molar-refractivity contribution in [3.63, 3.8) is 0 Å². The van der Waals surface area contributed by atoms with E-state index in [9.17, 15) is 10.2 Å². The minimum atomic E-state index is 0.00109. The highest BCUT2D eigenvalue weighted by atomic mass is 16.5. The van der Waals surface area contributed by atoms with Gasteiger partial charge in [-0.3, -0.25) is 0 Å². The number of phenolic OH excluding ortho intramolecular Hbond substituents is 2. The van der Waals surface area contributed by atoms with Gasteiger partial charge in [0.2, 0.25) is 0 Å². The summed E-state index contributed by atoms with van der Waals surface area (Å²) in [6, 6.07) is 10.3. The maximum absolute atomic E-state index is 9.66. The molecular weight excluding hydrogens is 292 g/mol. The first kappa shape index (κ1) is 13.8. The molecule has 2 aromatic carbocycles. The normalized spacial score (nSPS) is 14.0. The summed E-state index contributed by atoms with van der Waals surface area (Å²) in [4.78, 5) is 0. The molecule has 3 aromatic rings. The second-order valence-electron chi connectivity index (χ2n) is 5.85. The Bertz CT molecular complexity index is 914. The Morgan fingerprint density at radius 3 is 2.57 bits per heavy atom. The maximum atomic E-state index is 9.66. The summed E-state index contributed by atoms with van der Waals surface area (Å²) in [6.45, 7) is 2.64. The Hall–Kier alpha value is -2.88. The van der Waals surface area contributed by atoms with Crippen LogP contribution in [0.15, 0.2) is 52.5 Å². The number of rotatable bonds is 1. The minimum absolute atomic E-state index is 0.00109. The van der Waals surface area contributed by atoms with Crippen molar-refractivity contribution in [1.29, 1.82) is 0 Å². The zero-order chi connectivity index (χ0) is 16.0. The largest absolute Gasteiger partial charge is 0.508 e. The number of aromatic hydroxyl groups is 2. The number of hydrogen-bond acceptors (Lipinski definition) is 4. The predicted octanol–water partition coefficient (Wildman–Crippen LogP) is 4.39. The van der Waals surface area contributed by atoms with Gasteiger partial charge in [0, 0.05) is 22.6 Å². The van der Waals surface area contributed by atoms with Gasteiger partial charge in [0.1, 0.15) is 35.2 Å². The zero-order valence-electron chi connectivity index (χ0n) is 12.7. The monoisotopic (exact) mass is 308 g/mol. The molecule has 0 spiro atoms. The van der Waals surface area contributed by atoms with Gasteiger partial charge in [-0.25, -0.2) is 0 Å². The van der Waals surface area contributed by atoms with Gasteiger partial charge >= 0.3 is 0 Å². The van der Waals surface area contributed by atoms with Gasteiger partial charge in [0.05, 0.1) is 0 Å². The van der Waals surface area contributed by atoms with Crippen molar-refractivity contribution >= 4 is 11.0 Å². The zero-order valence-corrected chi connectivity index (χ0v) is 12.7. The predicted molar refractivity (Wildman–Crippen MR) is 87.9 cm³/mol. The average molecular weight is 308 g/mol. The molecular formula is C19H16O4. The Kier molecular flexibility index (Phi) is 3.05. The molecule has 2 heterocycles. The fourth-order valence-corrected chi connectivity index (χ4v) is 2.88. The SMILES string of the molecule is CC1=CCc2c(ccc3cc(-c4cc(O)cc(O)c4)oc23)OC1.